The van der Waals surface area contributed by atoms with Crippen LogP contribution in [0.1, 0.15) is 17.0 Å². The number of hydrazone groups is 1. The Morgan fingerprint density at radius 3 is 2.33 bits per heavy atom. The van der Waals surface area contributed by atoms with E-state index >= 15 is 0 Å². The number of halogens is 3. The first-order valence-electron chi connectivity index (χ1n) is 9.67. The van der Waals surface area contributed by atoms with Crippen molar-refractivity contribution >= 4 is 62.6 Å². The molecular formula is C22H21Cl3N4O3S. The minimum atomic E-state index is -3.70. The third-order valence-electron chi connectivity index (χ3n) is 4.81. The van der Waals surface area contributed by atoms with Crippen molar-refractivity contribution < 1.29 is 13.2 Å². The fourth-order valence-corrected chi connectivity index (χ4v) is 4.64. The third kappa shape index (κ3) is 6.09. The molecule has 0 aliphatic carbocycles. The summed E-state index contributed by atoms with van der Waals surface area (Å²) in [6.07, 6.45) is 2.51. The molecule has 0 spiro atoms. The van der Waals surface area contributed by atoms with Gasteiger partial charge in [0.25, 0.3) is 5.91 Å². The van der Waals surface area contributed by atoms with Gasteiger partial charge in [0.05, 0.1) is 28.9 Å². The molecule has 0 aliphatic rings. The summed E-state index contributed by atoms with van der Waals surface area (Å²) in [5.41, 5.74) is 5.92. The van der Waals surface area contributed by atoms with E-state index in [-0.39, 0.29) is 0 Å². The van der Waals surface area contributed by atoms with Gasteiger partial charge < -0.3 is 4.57 Å². The molecule has 7 nitrogen and oxygen atoms in total. The predicted octanol–water partition coefficient (Wildman–Crippen LogP) is 4.97. The van der Waals surface area contributed by atoms with Crippen LogP contribution in [0.25, 0.3) is 5.69 Å². The number of anilines is 1. The van der Waals surface area contributed by atoms with Crippen LogP contribution in [0, 0.1) is 13.8 Å². The standard InChI is InChI=1S/C22H21Cl3N4O3S/c1-14-10-16(15(2)29(14)21-11-18(24)6-9-20(21)25)12-26-27-22(30)13-28(33(3,31)32)19-7-4-17(23)5-8-19/h4-12H,13H2,1-3H3,(H,27,30)/b26-12+. The first-order valence-corrected chi connectivity index (χ1v) is 12.6. The van der Waals surface area contributed by atoms with Gasteiger partial charge >= 0.3 is 0 Å². The number of sulfonamides is 1. The average molecular weight is 528 g/mol. The minimum Gasteiger partial charge on any atom is -0.316 e. The number of benzene rings is 2. The van der Waals surface area contributed by atoms with Gasteiger partial charge in [-0.2, -0.15) is 5.10 Å². The Bertz CT molecular complexity index is 1320. The number of hydrogen-bond donors (Lipinski definition) is 1. The van der Waals surface area contributed by atoms with Crippen molar-refractivity contribution in [2.75, 3.05) is 17.1 Å². The lowest BCUT2D eigenvalue weighted by molar-refractivity contribution is -0.119. The Kier molecular flexibility index (Phi) is 7.74. The number of hydrogen-bond acceptors (Lipinski definition) is 4. The fourth-order valence-electron chi connectivity index (χ4n) is 3.29. The number of aromatic nitrogens is 1. The van der Waals surface area contributed by atoms with Gasteiger partial charge in [-0.05, 0) is 62.4 Å². The van der Waals surface area contributed by atoms with Crippen molar-refractivity contribution in [1.82, 2.24) is 9.99 Å². The Morgan fingerprint density at radius 2 is 1.70 bits per heavy atom. The summed E-state index contributed by atoms with van der Waals surface area (Å²) in [6, 6.07) is 13.2. The van der Waals surface area contributed by atoms with Gasteiger partial charge in [-0.1, -0.05) is 34.8 Å². The Hall–Kier alpha value is -2.52. The number of amides is 1. The van der Waals surface area contributed by atoms with E-state index in [2.05, 4.69) is 10.5 Å². The first kappa shape index (κ1) is 25.1. The van der Waals surface area contributed by atoms with Crippen molar-refractivity contribution in [2.24, 2.45) is 5.10 Å². The maximum atomic E-state index is 12.4. The van der Waals surface area contributed by atoms with Crippen molar-refractivity contribution in [3.8, 4) is 5.69 Å². The second-order valence-electron chi connectivity index (χ2n) is 7.30. The van der Waals surface area contributed by atoms with Crippen LogP contribution < -0.4 is 9.73 Å². The summed E-state index contributed by atoms with van der Waals surface area (Å²) in [6.45, 7) is 3.37. The number of nitrogens with one attached hydrogen (secondary N) is 1. The van der Waals surface area contributed by atoms with Crippen LogP contribution in [0.2, 0.25) is 15.1 Å². The number of nitrogens with zero attached hydrogens (tertiary/aromatic N) is 3. The lowest BCUT2D eigenvalue weighted by Crippen LogP contribution is -2.39. The molecule has 0 radical (unpaired) electrons. The zero-order valence-electron chi connectivity index (χ0n) is 18.0. The number of rotatable bonds is 7. The highest BCUT2D eigenvalue weighted by molar-refractivity contribution is 7.92. The van der Waals surface area contributed by atoms with E-state index in [4.69, 9.17) is 34.8 Å². The molecule has 1 heterocycles. The number of aryl methyl sites for hydroxylation is 1. The molecule has 0 saturated heterocycles. The molecule has 11 heteroatoms. The number of carbonyl (C=O) groups is 1. The molecule has 1 N–H and O–H groups in total. The summed E-state index contributed by atoms with van der Waals surface area (Å²) in [7, 11) is -3.70. The molecule has 0 unspecified atom stereocenters. The lowest BCUT2D eigenvalue weighted by Gasteiger charge is -2.21. The largest absolute Gasteiger partial charge is 0.316 e. The van der Waals surface area contributed by atoms with E-state index in [1.54, 1.807) is 30.3 Å². The molecule has 0 bridgehead atoms. The summed E-state index contributed by atoms with van der Waals surface area (Å²) >= 11 is 18.3. The molecule has 33 heavy (non-hydrogen) atoms. The van der Waals surface area contributed by atoms with E-state index < -0.39 is 22.5 Å². The van der Waals surface area contributed by atoms with E-state index in [1.165, 1.54) is 18.3 Å². The molecule has 3 rings (SSSR count). The normalized spacial score (nSPS) is 11.7. The predicted molar refractivity (Wildman–Crippen MR) is 135 cm³/mol. The minimum absolute atomic E-state index is 0.322. The van der Waals surface area contributed by atoms with Gasteiger partial charge in [-0.25, -0.2) is 13.8 Å². The average Bonchev–Trinajstić information content (AvgIpc) is 3.01. The highest BCUT2D eigenvalue weighted by atomic mass is 35.5. The molecule has 0 aliphatic heterocycles. The van der Waals surface area contributed by atoms with Crippen LogP contribution in [0.5, 0.6) is 0 Å². The van der Waals surface area contributed by atoms with Gasteiger partial charge in [-0.15, -0.1) is 0 Å². The lowest BCUT2D eigenvalue weighted by atomic mass is 10.2. The zero-order valence-corrected chi connectivity index (χ0v) is 21.1. The SMILES string of the molecule is Cc1cc(/C=N/NC(=O)CN(c2ccc(Cl)cc2)S(C)(=O)=O)c(C)n1-c1cc(Cl)ccc1Cl. The topological polar surface area (TPSA) is 83.8 Å². The van der Waals surface area contributed by atoms with Gasteiger partial charge in [-0.3, -0.25) is 9.10 Å². The Balaban J connectivity index is 1.76. The van der Waals surface area contributed by atoms with E-state index in [0.717, 1.165) is 33.2 Å². The fraction of sp³-hybridized carbons (Fsp3) is 0.182. The zero-order chi connectivity index (χ0) is 24.3. The van der Waals surface area contributed by atoms with Crippen LogP contribution in [-0.4, -0.2) is 37.9 Å². The third-order valence-corrected chi connectivity index (χ3v) is 6.76. The molecule has 0 atom stereocenters. The first-order chi connectivity index (χ1) is 15.5. The molecule has 0 fully saturated rings. The van der Waals surface area contributed by atoms with E-state index in [0.29, 0.717) is 20.8 Å². The van der Waals surface area contributed by atoms with Crippen LogP contribution in [0.15, 0.2) is 53.6 Å². The molecule has 3 aromatic rings. The molecular weight excluding hydrogens is 507 g/mol. The maximum absolute atomic E-state index is 12.4. The van der Waals surface area contributed by atoms with E-state index in [1.807, 2.05) is 24.5 Å². The van der Waals surface area contributed by atoms with Gasteiger partial charge in [0.2, 0.25) is 10.0 Å². The van der Waals surface area contributed by atoms with Crippen molar-refractivity contribution in [2.45, 2.75) is 13.8 Å². The summed E-state index contributed by atoms with van der Waals surface area (Å²) < 4.78 is 27.2. The molecule has 0 saturated carbocycles. The second-order valence-corrected chi connectivity index (χ2v) is 10.5. The second kappa shape index (κ2) is 10.2. The Morgan fingerprint density at radius 1 is 1.06 bits per heavy atom. The van der Waals surface area contributed by atoms with Crippen LogP contribution in [0.4, 0.5) is 5.69 Å². The van der Waals surface area contributed by atoms with Gasteiger partial charge in [0.15, 0.2) is 0 Å². The number of carbonyl (C=O) groups excluding carboxylic acids is 1. The van der Waals surface area contributed by atoms with Crippen LogP contribution in [0.3, 0.4) is 0 Å². The maximum Gasteiger partial charge on any atom is 0.260 e. The molecule has 174 valence electrons. The van der Waals surface area contributed by atoms with Gasteiger partial charge in [0, 0.05) is 27.0 Å². The highest BCUT2D eigenvalue weighted by Crippen LogP contribution is 2.28. The summed E-state index contributed by atoms with van der Waals surface area (Å²) in [4.78, 5) is 12.4. The van der Waals surface area contributed by atoms with Gasteiger partial charge in [0.1, 0.15) is 6.54 Å². The highest BCUT2D eigenvalue weighted by Gasteiger charge is 2.20. The smallest absolute Gasteiger partial charge is 0.260 e. The van der Waals surface area contributed by atoms with Crippen LogP contribution >= 0.6 is 34.8 Å². The van der Waals surface area contributed by atoms with Crippen molar-refractivity contribution in [3.05, 3.63) is 80.6 Å². The molecule has 1 aromatic heterocycles. The summed E-state index contributed by atoms with van der Waals surface area (Å²) in [5, 5.41) is 5.55. The quantitative estimate of drug-likeness (QED) is 0.348. The summed E-state index contributed by atoms with van der Waals surface area (Å²) in [5.74, 6) is -0.599. The van der Waals surface area contributed by atoms with Crippen molar-refractivity contribution in [3.63, 3.8) is 0 Å². The van der Waals surface area contributed by atoms with Crippen LogP contribution in [-0.2, 0) is 14.8 Å². The monoisotopic (exact) mass is 526 g/mol. The Labute approximate surface area is 207 Å². The van der Waals surface area contributed by atoms with E-state index in [9.17, 15) is 13.2 Å². The van der Waals surface area contributed by atoms with Crippen molar-refractivity contribution in [1.29, 1.82) is 0 Å². The molecule has 2 aromatic carbocycles. The molecule has 1 amide bonds.